The lowest BCUT2D eigenvalue weighted by atomic mass is 10.1. The van der Waals surface area contributed by atoms with Gasteiger partial charge in [0.1, 0.15) is 6.10 Å². The van der Waals surface area contributed by atoms with E-state index in [2.05, 4.69) is 4.72 Å². The average molecular weight is 306 g/mol. The summed E-state index contributed by atoms with van der Waals surface area (Å²) in [6.07, 6.45) is 2.17. The summed E-state index contributed by atoms with van der Waals surface area (Å²) in [6, 6.07) is 2.49. The Bertz CT molecular complexity index is 457. The van der Waals surface area contributed by atoms with E-state index in [1.165, 1.54) is 6.07 Å². The van der Waals surface area contributed by atoms with E-state index in [1.807, 2.05) is 0 Å². The number of rotatable bonds is 3. The summed E-state index contributed by atoms with van der Waals surface area (Å²) >= 11 is 6.59. The van der Waals surface area contributed by atoms with Gasteiger partial charge in [0.2, 0.25) is 0 Å². The molecule has 1 aliphatic rings. The Morgan fingerprint density at radius 2 is 2.32 bits per heavy atom. The van der Waals surface area contributed by atoms with Gasteiger partial charge < -0.3 is 9.84 Å². The first-order valence-corrected chi connectivity index (χ1v) is 7.03. The number of halogens is 2. The van der Waals surface area contributed by atoms with Crippen molar-refractivity contribution in [2.45, 2.75) is 30.3 Å². The van der Waals surface area contributed by atoms with Crippen LogP contribution in [-0.4, -0.2) is 23.7 Å². The topological polar surface area (TPSA) is 58.6 Å². The lowest BCUT2D eigenvalue weighted by Gasteiger charge is -2.21. The van der Waals surface area contributed by atoms with Crippen molar-refractivity contribution in [1.29, 1.82) is 0 Å². The van der Waals surface area contributed by atoms with Crippen LogP contribution < -0.4 is 4.72 Å². The van der Waals surface area contributed by atoms with Crippen LogP contribution in [0.2, 0.25) is 5.02 Å². The summed E-state index contributed by atoms with van der Waals surface area (Å²) in [6.45, 7) is 0.586. The summed E-state index contributed by atoms with van der Waals surface area (Å²) in [5, 5.41) is 9.10. The molecule has 2 rings (SSSR count). The van der Waals surface area contributed by atoms with Crippen LogP contribution in [-0.2, 0) is 9.53 Å². The molecule has 1 aromatic rings. The first-order chi connectivity index (χ1) is 9.08. The minimum Gasteiger partial charge on any atom is -0.504 e. The molecule has 0 saturated carbocycles. The van der Waals surface area contributed by atoms with Gasteiger partial charge >= 0.3 is 0 Å². The molecule has 1 aromatic carbocycles. The van der Waals surface area contributed by atoms with Gasteiger partial charge in [-0.3, -0.25) is 9.52 Å². The second kappa shape index (κ2) is 6.45. The first kappa shape index (κ1) is 14.4. The number of hydrogen-bond acceptors (Lipinski definition) is 4. The minimum atomic E-state index is -0.821. The molecule has 0 aromatic heterocycles. The number of carbonyl (C=O) groups excluding carboxylic acids is 1. The predicted octanol–water partition coefficient (Wildman–Crippen LogP) is 2.88. The van der Waals surface area contributed by atoms with E-state index in [1.54, 1.807) is 0 Å². The summed E-state index contributed by atoms with van der Waals surface area (Å²) in [7, 11) is 0. The molecule has 2 N–H and O–H groups in total. The molecule has 1 fully saturated rings. The Balaban J connectivity index is 1.93. The molecule has 1 atom stereocenters. The number of phenols is 1. The summed E-state index contributed by atoms with van der Waals surface area (Å²) in [5.41, 5.74) is 0. The van der Waals surface area contributed by atoms with Gasteiger partial charge in [-0.15, -0.1) is 0 Å². The van der Waals surface area contributed by atoms with Gasteiger partial charge in [0.15, 0.2) is 11.6 Å². The van der Waals surface area contributed by atoms with Gasteiger partial charge in [0.05, 0.1) is 5.02 Å². The second-order valence-electron chi connectivity index (χ2n) is 4.16. The van der Waals surface area contributed by atoms with Crippen LogP contribution in [0.1, 0.15) is 19.3 Å². The van der Waals surface area contributed by atoms with Crippen molar-refractivity contribution < 1.29 is 19.0 Å². The zero-order valence-electron chi connectivity index (χ0n) is 9.99. The predicted molar refractivity (Wildman–Crippen MR) is 70.7 cm³/mol. The third-order valence-electron chi connectivity index (χ3n) is 2.73. The lowest BCUT2D eigenvalue weighted by Crippen LogP contribution is -2.35. The molecule has 1 heterocycles. The first-order valence-electron chi connectivity index (χ1n) is 5.84. The zero-order valence-corrected chi connectivity index (χ0v) is 11.6. The van der Waals surface area contributed by atoms with E-state index in [0.29, 0.717) is 17.9 Å². The molecule has 1 aliphatic heterocycles. The van der Waals surface area contributed by atoms with Crippen LogP contribution in [0.15, 0.2) is 17.0 Å². The summed E-state index contributed by atoms with van der Waals surface area (Å²) < 4.78 is 21.2. The summed E-state index contributed by atoms with van der Waals surface area (Å²) in [5.74, 6) is -1.65. The Hall–Kier alpha value is -0.980. The van der Waals surface area contributed by atoms with Crippen molar-refractivity contribution in [2.75, 3.05) is 6.61 Å². The van der Waals surface area contributed by atoms with Crippen LogP contribution in [0.5, 0.6) is 5.75 Å². The molecule has 0 spiro atoms. The number of hydrogen-bond donors (Lipinski definition) is 2. The average Bonchev–Trinajstić information content (AvgIpc) is 2.43. The van der Waals surface area contributed by atoms with Crippen molar-refractivity contribution >= 4 is 29.5 Å². The Labute approximate surface area is 119 Å². The van der Waals surface area contributed by atoms with Gasteiger partial charge in [-0.1, -0.05) is 11.6 Å². The highest BCUT2D eigenvalue weighted by atomic mass is 35.5. The number of benzene rings is 1. The molecular formula is C12H13ClFNO3S. The smallest absolute Gasteiger partial charge is 0.259 e. The quantitative estimate of drug-likeness (QED) is 0.843. The van der Waals surface area contributed by atoms with Crippen molar-refractivity contribution in [3.63, 3.8) is 0 Å². The normalized spacial score (nSPS) is 19.2. The summed E-state index contributed by atoms with van der Waals surface area (Å²) in [4.78, 5) is 12.2. The molecular weight excluding hydrogens is 293 g/mol. The van der Waals surface area contributed by atoms with Crippen molar-refractivity contribution in [2.24, 2.45) is 0 Å². The maximum absolute atomic E-state index is 13.2. The van der Waals surface area contributed by atoms with Crippen LogP contribution in [0.4, 0.5) is 4.39 Å². The number of aromatic hydroxyl groups is 1. The second-order valence-corrected chi connectivity index (χ2v) is 5.45. The zero-order chi connectivity index (χ0) is 13.8. The van der Waals surface area contributed by atoms with E-state index in [-0.39, 0.29) is 10.9 Å². The number of nitrogens with one attached hydrogen (secondary N) is 1. The lowest BCUT2D eigenvalue weighted by molar-refractivity contribution is -0.133. The number of phenolic OH excluding ortho intramolecular Hbond substituents is 1. The van der Waals surface area contributed by atoms with Gasteiger partial charge in [0, 0.05) is 11.5 Å². The molecule has 1 amide bonds. The Kier molecular flexibility index (Phi) is 4.90. The SMILES string of the molecule is O=C(NSc1cc(F)c(O)c(Cl)c1)C1CCCCO1. The molecule has 4 nitrogen and oxygen atoms in total. The van der Waals surface area contributed by atoms with Crippen molar-refractivity contribution in [1.82, 2.24) is 4.72 Å². The number of ether oxygens (including phenoxy) is 1. The standard InChI is InChI=1S/C12H13ClFNO3S/c13-8-5-7(6-9(14)11(8)16)19-15-12(17)10-3-1-2-4-18-10/h5-6,10,16H,1-4H2,(H,15,17). The van der Waals surface area contributed by atoms with E-state index >= 15 is 0 Å². The van der Waals surface area contributed by atoms with Gasteiger partial charge in [0.25, 0.3) is 5.91 Å². The van der Waals surface area contributed by atoms with E-state index < -0.39 is 17.7 Å². The molecule has 1 saturated heterocycles. The fraction of sp³-hybridized carbons (Fsp3) is 0.417. The Morgan fingerprint density at radius 1 is 1.53 bits per heavy atom. The third kappa shape index (κ3) is 3.75. The van der Waals surface area contributed by atoms with Crippen LogP contribution in [0.3, 0.4) is 0 Å². The monoisotopic (exact) mass is 305 g/mol. The van der Waals surface area contributed by atoms with Gasteiger partial charge in [-0.05, 0) is 43.3 Å². The molecule has 1 unspecified atom stereocenters. The molecule has 0 bridgehead atoms. The molecule has 7 heteroatoms. The maximum atomic E-state index is 13.2. The van der Waals surface area contributed by atoms with Crippen LogP contribution >= 0.6 is 23.5 Å². The number of amides is 1. The van der Waals surface area contributed by atoms with Gasteiger partial charge in [-0.25, -0.2) is 4.39 Å². The third-order valence-corrected chi connectivity index (χ3v) is 3.79. The molecule has 0 aliphatic carbocycles. The largest absolute Gasteiger partial charge is 0.504 e. The van der Waals surface area contributed by atoms with E-state index in [0.717, 1.165) is 30.9 Å². The highest BCUT2D eigenvalue weighted by molar-refractivity contribution is 7.98. The van der Waals surface area contributed by atoms with Crippen LogP contribution in [0.25, 0.3) is 0 Å². The highest BCUT2D eigenvalue weighted by Gasteiger charge is 2.22. The fourth-order valence-electron chi connectivity index (χ4n) is 1.72. The molecule has 104 valence electrons. The highest BCUT2D eigenvalue weighted by Crippen LogP contribution is 2.31. The minimum absolute atomic E-state index is 0.0920. The van der Waals surface area contributed by atoms with Crippen molar-refractivity contribution in [3.8, 4) is 5.75 Å². The van der Waals surface area contributed by atoms with E-state index in [9.17, 15) is 14.3 Å². The van der Waals surface area contributed by atoms with Crippen molar-refractivity contribution in [3.05, 3.63) is 23.0 Å². The van der Waals surface area contributed by atoms with Crippen LogP contribution in [0, 0.1) is 5.82 Å². The molecule has 0 radical (unpaired) electrons. The fourth-order valence-corrected chi connectivity index (χ4v) is 2.69. The van der Waals surface area contributed by atoms with E-state index in [4.69, 9.17) is 16.3 Å². The Morgan fingerprint density at radius 3 is 2.95 bits per heavy atom. The number of carbonyl (C=O) groups is 1. The maximum Gasteiger partial charge on any atom is 0.259 e. The van der Waals surface area contributed by atoms with Gasteiger partial charge in [-0.2, -0.15) is 0 Å². The molecule has 19 heavy (non-hydrogen) atoms.